The first-order valence-corrected chi connectivity index (χ1v) is 8.73. The van der Waals surface area contributed by atoms with Crippen molar-refractivity contribution in [1.82, 2.24) is 9.80 Å². The number of carbonyl (C=O) groups excluding carboxylic acids is 2. The third-order valence-electron chi connectivity index (χ3n) is 3.98. The van der Waals surface area contributed by atoms with Gasteiger partial charge in [0.1, 0.15) is 0 Å². The molecule has 2 atom stereocenters. The lowest BCUT2D eigenvalue weighted by atomic mass is 10.2. The molecule has 1 saturated heterocycles. The molecule has 7 heteroatoms. The summed E-state index contributed by atoms with van der Waals surface area (Å²) in [5, 5.41) is 0. The summed E-state index contributed by atoms with van der Waals surface area (Å²) in [5.41, 5.74) is 0. The molecule has 20 heavy (non-hydrogen) atoms. The van der Waals surface area contributed by atoms with Crippen molar-refractivity contribution < 1.29 is 18.0 Å². The second-order valence-electron chi connectivity index (χ2n) is 5.47. The van der Waals surface area contributed by atoms with E-state index in [0.717, 1.165) is 6.42 Å². The van der Waals surface area contributed by atoms with Gasteiger partial charge >= 0.3 is 0 Å². The normalized spacial score (nSPS) is 22.3. The van der Waals surface area contributed by atoms with Crippen LogP contribution in [0.1, 0.15) is 33.6 Å². The minimum Gasteiger partial charge on any atom is -0.340 e. The smallest absolute Gasteiger partial charge is 0.242 e. The third kappa shape index (κ3) is 4.19. The Balaban J connectivity index is 2.67. The predicted octanol–water partition coefficient (Wildman–Crippen LogP) is 0.279. The van der Waals surface area contributed by atoms with E-state index in [2.05, 4.69) is 0 Å². The van der Waals surface area contributed by atoms with Crippen LogP contribution in [0, 0.1) is 0 Å². The summed E-state index contributed by atoms with van der Waals surface area (Å²) in [6.45, 7) is 5.31. The third-order valence-corrected chi connectivity index (χ3v) is 5.73. The lowest BCUT2D eigenvalue weighted by molar-refractivity contribution is -0.141. The molecule has 0 radical (unpaired) electrons. The van der Waals surface area contributed by atoms with Crippen LogP contribution in [0.2, 0.25) is 0 Å². The Morgan fingerprint density at radius 3 is 2.35 bits per heavy atom. The van der Waals surface area contributed by atoms with Gasteiger partial charge in [-0.25, -0.2) is 8.42 Å². The van der Waals surface area contributed by atoms with Gasteiger partial charge in [0.05, 0.1) is 18.1 Å². The Kier molecular flexibility index (Phi) is 5.56. The molecule has 1 heterocycles. The molecule has 0 aromatic carbocycles. The van der Waals surface area contributed by atoms with Crippen molar-refractivity contribution in [3.63, 3.8) is 0 Å². The number of sulfone groups is 1. The van der Waals surface area contributed by atoms with Gasteiger partial charge < -0.3 is 9.80 Å². The first kappa shape index (κ1) is 16.9. The van der Waals surface area contributed by atoms with Gasteiger partial charge in [-0.1, -0.05) is 6.92 Å². The van der Waals surface area contributed by atoms with Crippen molar-refractivity contribution >= 4 is 21.7 Å². The van der Waals surface area contributed by atoms with Crippen molar-refractivity contribution in [1.29, 1.82) is 0 Å². The first-order valence-electron chi connectivity index (χ1n) is 6.91. The Labute approximate surface area is 121 Å². The van der Waals surface area contributed by atoms with E-state index in [-0.39, 0.29) is 41.9 Å². The molecule has 1 aliphatic heterocycles. The van der Waals surface area contributed by atoms with Crippen molar-refractivity contribution in [3.8, 4) is 0 Å². The molecule has 0 N–H and O–H groups in total. The van der Waals surface area contributed by atoms with E-state index in [9.17, 15) is 18.0 Å². The number of hydrogen-bond acceptors (Lipinski definition) is 4. The largest absolute Gasteiger partial charge is 0.340 e. The van der Waals surface area contributed by atoms with Crippen LogP contribution in [-0.2, 0) is 19.4 Å². The summed E-state index contributed by atoms with van der Waals surface area (Å²) >= 11 is 0. The van der Waals surface area contributed by atoms with E-state index in [4.69, 9.17) is 0 Å². The highest BCUT2D eigenvalue weighted by molar-refractivity contribution is 7.91. The fraction of sp³-hybridized carbons (Fsp3) is 0.846. The quantitative estimate of drug-likeness (QED) is 0.731. The average Bonchev–Trinajstić information content (AvgIpc) is 2.73. The van der Waals surface area contributed by atoms with E-state index in [1.54, 1.807) is 7.05 Å². The maximum atomic E-state index is 12.2. The minimum atomic E-state index is -3.01. The van der Waals surface area contributed by atoms with E-state index < -0.39 is 9.84 Å². The molecule has 0 spiro atoms. The SMILES string of the molecule is CCC(C)N(CC(=O)N(C)C1CCS(=O)(=O)C1)C(C)=O. The summed E-state index contributed by atoms with van der Waals surface area (Å²) < 4.78 is 22.9. The number of amides is 2. The van der Waals surface area contributed by atoms with Gasteiger partial charge in [-0.3, -0.25) is 9.59 Å². The van der Waals surface area contributed by atoms with Crippen LogP contribution < -0.4 is 0 Å². The van der Waals surface area contributed by atoms with Crippen LogP contribution in [0.25, 0.3) is 0 Å². The van der Waals surface area contributed by atoms with Gasteiger partial charge in [-0.05, 0) is 19.8 Å². The first-order chi connectivity index (χ1) is 9.18. The maximum Gasteiger partial charge on any atom is 0.242 e. The van der Waals surface area contributed by atoms with Gasteiger partial charge in [0.25, 0.3) is 0 Å². The molecule has 0 saturated carbocycles. The van der Waals surface area contributed by atoms with Crippen LogP contribution >= 0.6 is 0 Å². The van der Waals surface area contributed by atoms with Gasteiger partial charge in [-0.2, -0.15) is 0 Å². The molecule has 0 aromatic heterocycles. The number of carbonyl (C=O) groups is 2. The lowest BCUT2D eigenvalue weighted by Gasteiger charge is -2.30. The Morgan fingerprint density at radius 2 is 1.95 bits per heavy atom. The van der Waals surface area contributed by atoms with Gasteiger partial charge in [0.2, 0.25) is 11.8 Å². The fourth-order valence-electron chi connectivity index (χ4n) is 2.34. The molecule has 2 amide bonds. The molecule has 6 nitrogen and oxygen atoms in total. The number of rotatable bonds is 5. The van der Waals surface area contributed by atoms with Crippen LogP contribution in [0.5, 0.6) is 0 Å². The highest BCUT2D eigenvalue weighted by atomic mass is 32.2. The van der Waals surface area contributed by atoms with Crippen LogP contribution in [0.4, 0.5) is 0 Å². The Bertz CT molecular complexity index is 475. The van der Waals surface area contributed by atoms with Crippen LogP contribution in [0.15, 0.2) is 0 Å². The summed E-state index contributed by atoms with van der Waals surface area (Å²) in [6, 6.07) is -0.268. The van der Waals surface area contributed by atoms with Crippen LogP contribution in [-0.4, -0.2) is 67.2 Å². The molecule has 116 valence electrons. The number of nitrogens with zero attached hydrogens (tertiary/aromatic N) is 2. The second-order valence-corrected chi connectivity index (χ2v) is 7.69. The van der Waals surface area contributed by atoms with Crippen molar-refractivity contribution in [2.45, 2.75) is 45.7 Å². The van der Waals surface area contributed by atoms with Crippen molar-refractivity contribution in [2.24, 2.45) is 0 Å². The molecule has 1 fully saturated rings. The number of likely N-dealkylation sites (N-methyl/N-ethyl adjacent to an activating group) is 1. The van der Waals surface area contributed by atoms with E-state index in [1.165, 1.54) is 16.7 Å². The zero-order valence-corrected chi connectivity index (χ0v) is 13.4. The second kappa shape index (κ2) is 6.56. The summed E-state index contributed by atoms with van der Waals surface area (Å²) in [5.74, 6) is -0.182. The zero-order valence-electron chi connectivity index (χ0n) is 12.6. The molecule has 1 aliphatic rings. The highest BCUT2D eigenvalue weighted by Gasteiger charge is 2.33. The highest BCUT2D eigenvalue weighted by Crippen LogP contribution is 2.17. The Morgan fingerprint density at radius 1 is 1.35 bits per heavy atom. The topological polar surface area (TPSA) is 74.8 Å². The van der Waals surface area contributed by atoms with E-state index in [1.807, 2.05) is 13.8 Å². The molecule has 2 unspecified atom stereocenters. The Hall–Kier alpha value is -1.11. The maximum absolute atomic E-state index is 12.2. The van der Waals surface area contributed by atoms with E-state index >= 15 is 0 Å². The van der Waals surface area contributed by atoms with Gasteiger partial charge in [-0.15, -0.1) is 0 Å². The zero-order chi connectivity index (χ0) is 15.5. The molecular weight excluding hydrogens is 280 g/mol. The molecular formula is C13H24N2O4S. The molecule has 0 bridgehead atoms. The molecule has 0 aliphatic carbocycles. The average molecular weight is 304 g/mol. The van der Waals surface area contributed by atoms with Crippen molar-refractivity contribution in [2.75, 3.05) is 25.1 Å². The monoisotopic (exact) mass is 304 g/mol. The minimum absolute atomic E-state index is 0.00263. The summed E-state index contributed by atoms with van der Waals surface area (Å²) in [4.78, 5) is 26.8. The van der Waals surface area contributed by atoms with E-state index in [0.29, 0.717) is 6.42 Å². The lowest BCUT2D eigenvalue weighted by Crippen LogP contribution is -2.47. The van der Waals surface area contributed by atoms with Crippen molar-refractivity contribution in [3.05, 3.63) is 0 Å². The van der Waals surface area contributed by atoms with Crippen LogP contribution in [0.3, 0.4) is 0 Å². The van der Waals surface area contributed by atoms with Gasteiger partial charge in [0.15, 0.2) is 9.84 Å². The molecule has 1 rings (SSSR count). The predicted molar refractivity (Wildman–Crippen MR) is 77.0 cm³/mol. The summed E-state index contributed by atoms with van der Waals surface area (Å²) in [7, 11) is -1.40. The summed E-state index contributed by atoms with van der Waals surface area (Å²) in [6.07, 6.45) is 1.25. The van der Waals surface area contributed by atoms with Gasteiger partial charge in [0, 0.05) is 26.1 Å². The standard InChI is InChI=1S/C13H24N2O4S/c1-5-10(2)15(11(3)16)8-13(17)14(4)12-6-7-20(18,19)9-12/h10,12H,5-9H2,1-4H3. The molecule has 0 aromatic rings. The number of hydrogen-bond donors (Lipinski definition) is 0. The fourth-order valence-corrected chi connectivity index (χ4v) is 4.11.